The summed E-state index contributed by atoms with van der Waals surface area (Å²) in [5, 5.41) is 6.03. The maximum Gasteiger partial charge on any atom is 0.257 e. The number of nitrogens with one attached hydrogen (secondary N) is 2. The topological polar surface area (TPSA) is 50.4 Å². The van der Waals surface area contributed by atoms with Crippen LogP contribution in [0.3, 0.4) is 0 Å². The van der Waals surface area contributed by atoms with E-state index in [0.29, 0.717) is 5.56 Å². The summed E-state index contributed by atoms with van der Waals surface area (Å²) in [5.41, 5.74) is 2.62. The molecule has 0 radical (unpaired) electrons. The van der Waals surface area contributed by atoms with Crippen molar-refractivity contribution in [2.24, 2.45) is 0 Å². The number of unbranched alkanes of at least 4 members (excludes halogenated alkanes) is 4. The molecule has 0 heterocycles. The molecule has 0 spiro atoms. The van der Waals surface area contributed by atoms with E-state index in [-0.39, 0.29) is 16.4 Å². The van der Waals surface area contributed by atoms with E-state index in [0.717, 1.165) is 24.5 Å². The highest BCUT2D eigenvalue weighted by molar-refractivity contribution is 7.80. The minimum atomic E-state index is -0.226. The van der Waals surface area contributed by atoms with Crippen molar-refractivity contribution in [2.45, 2.75) is 65.2 Å². The zero-order chi connectivity index (χ0) is 22.0. The van der Waals surface area contributed by atoms with E-state index < -0.39 is 0 Å². The first kappa shape index (κ1) is 23.9. The van der Waals surface area contributed by atoms with Gasteiger partial charge in [0.1, 0.15) is 5.75 Å². The molecule has 30 heavy (non-hydrogen) atoms. The van der Waals surface area contributed by atoms with Gasteiger partial charge in [-0.2, -0.15) is 0 Å². The lowest BCUT2D eigenvalue weighted by Crippen LogP contribution is -2.34. The van der Waals surface area contributed by atoms with Gasteiger partial charge in [-0.15, -0.1) is 0 Å². The molecule has 162 valence electrons. The summed E-state index contributed by atoms with van der Waals surface area (Å²) in [6.45, 7) is 9.38. The Labute approximate surface area is 186 Å². The number of carbonyl (C=O) groups is 1. The minimum absolute atomic E-state index is 0.0524. The molecule has 2 N–H and O–H groups in total. The zero-order valence-corrected chi connectivity index (χ0v) is 19.4. The molecule has 0 aliphatic heterocycles. The Morgan fingerprint density at radius 1 is 0.933 bits per heavy atom. The van der Waals surface area contributed by atoms with E-state index >= 15 is 0 Å². The number of carbonyl (C=O) groups excluding carboxylic acids is 1. The van der Waals surface area contributed by atoms with Crippen molar-refractivity contribution in [2.75, 3.05) is 11.9 Å². The average molecular weight is 427 g/mol. The van der Waals surface area contributed by atoms with Gasteiger partial charge in [0.25, 0.3) is 5.91 Å². The lowest BCUT2D eigenvalue weighted by molar-refractivity contribution is 0.0977. The Kier molecular flexibility index (Phi) is 9.31. The fourth-order valence-corrected chi connectivity index (χ4v) is 3.20. The van der Waals surface area contributed by atoms with Crippen molar-refractivity contribution >= 4 is 28.9 Å². The van der Waals surface area contributed by atoms with Crippen LogP contribution in [0.25, 0.3) is 0 Å². The second-order valence-corrected chi connectivity index (χ2v) is 8.93. The molecule has 0 bridgehead atoms. The number of benzene rings is 2. The van der Waals surface area contributed by atoms with Gasteiger partial charge < -0.3 is 10.1 Å². The van der Waals surface area contributed by atoms with Gasteiger partial charge in [-0.05, 0) is 66.0 Å². The van der Waals surface area contributed by atoms with Gasteiger partial charge in [-0.3, -0.25) is 10.1 Å². The fourth-order valence-electron chi connectivity index (χ4n) is 2.99. The van der Waals surface area contributed by atoms with Crippen LogP contribution in [0.2, 0.25) is 0 Å². The van der Waals surface area contributed by atoms with Gasteiger partial charge in [0.15, 0.2) is 5.11 Å². The van der Waals surface area contributed by atoms with Crippen molar-refractivity contribution in [1.29, 1.82) is 0 Å². The molecule has 1 amide bonds. The number of hydrogen-bond acceptors (Lipinski definition) is 3. The Morgan fingerprint density at radius 2 is 1.57 bits per heavy atom. The summed E-state index contributed by atoms with van der Waals surface area (Å²) < 4.78 is 5.77. The van der Waals surface area contributed by atoms with Crippen molar-refractivity contribution in [1.82, 2.24) is 5.32 Å². The van der Waals surface area contributed by atoms with E-state index in [4.69, 9.17) is 17.0 Å². The Hall–Kier alpha value is -2.40. The van der Waals surface area contributed by atoms with Gasteiger partial charge in [0.05, 0.1) is 6.61 Å². The van der Waals surface area contributed by atoms with Crippen molar-refractivity contribution in [3.63, 3.8) is 0 Å². The second-order valence-electron chi connectivity index (χ2n) is 8.52. The lowest BCUT2D eigenvalue weighted by Gasteiger charge is -2.19. The third kappa shape index (κ3) is 8.15. The molecular formula is C25H34N2O2S. The molecule has 2 aromatic carbocycles. The SMILES string of the molecule is CCCCCCCOc1ccc(NC(=S)NC(=O)c2ccc(C(C)(C)C)cc2)cc1. The quantitative estimate of drug-likeness (QED) is 0.357. The summed E-state index contributed by atoms with van der Waals surface area (Å²) in [4.78, 5) is 12.4. The van der Waals surface area contributed by atoms with E-state index in [1.807, 2.05) is 48.5 Å². The van der Waals surface area contributed by atoms with Crippen LogP contribution in [-0.4, -0.2) is 17.6 Å². The molecule has 0 fully saturated rings. The molecule has 0 aliphatic rings. The lowest BCUT2D eigenvalue weighted by atomic mass is 9.87. The molecule has 5 heteroatoms. The predicted molar refractivity (Wildman–Crippen MR) is 130 cm³/mol. The van der Waals surface area contributed by atoms with Gasteiger partial charge in [0, 0.05) is 11.3 Å². The van der Waals surface area contributed by atoms with Gasteiger partial charge in [0.2, 0.25) is 0 Å². The van der Waals surface area contributed by atoms with Gasteiger partial charge in [-0.25, -0.2) is 0 Å². The summed E-state index contributed by atoms with van der Waals surface area (Å²) in [6, 6.07) is 15.2. The first-order valence-electron chi connectivity index (χ1n) is 10.8. The third-order valence-electron chi connectivity index (χ3n) is 4.87. The number of anilines is 1. The Bertz CT molecular complexity index is 809. The summed E-state index contributed by atoms with van der Waals surface area (Å²) in [5.74, 6) is 0.612. The Balaban J connectivity index is 1.78. The normalized spacial score (nSPS) is 11.1. The van der Waals surface area contributed by atoms with E-state index in [2.05, 4.69) is 38.3 Å². The molecular weight excluding hydrogens is 392 g/mol. The monoisotopic (exact) mass is 426 g/mol. The molecule has 2 aromatic rings. The van der Waals surface area contributed by atoms with Crippen LogP contribution in [0.4, 0.5) is 5.69 Å². The molecule has 2 rings (SSSR count). The second kappa shape index (κ2) is 11.7. The van der Waals surface area contributed by atoms with E-state index in [9.17, 15) is 4.79 Å². The fraction of sp³-hybridized carbons (Fsp3) is 0.440. The maximum atomic E-state index is 12.4. The van der Waals surface area contributed by atoms with E-state index in [1.54, 1.807) is 0 Å². The van der Waals surface area contributed by atoms with Crippen molar-refractivity contribution in [3.8, 4) is 5.75 Å². The summed E-state index contributed by atoms with van der Waals surface area (Å²) in [6.07, 6.45) is 6.10. The minimum Gasteiger partial charge on any atom is -0.494 e. The molecule has 0 aromatic heterocycles. The smallest absolute Gasteiger partial charge is 0.257 e. The van der Waals surface area contributed by atoms with Crippen molar-refractivity contribution < 1.29 is 9.53 Å². The number of amides is 1. The number of ether oxygens (including phenoxy) is 1. The molecule has 0 unspecified atom stereocenters. The van der Waals surface area contributed by atoms with Gasteiger partial charge >= 0.3 is 0 Å². The number of hydrogen-bond donors (Lipinski definition) is 2. The highest BCUT2D eigenvalue weighted by Gasteiger charge is 2.14. The standard InChI is InChI=1S/C25H34N2O2S/c1-5-6-7-8-9-18-29-22-16-14-21(15-17-22)26-24(30)27-23(28)19-10-12-20(13-11-19)25(2,3)4/h10-17H,5-9,18H2,1-4H3,(H2,26,27,28,30). The number of thiocarbonyl (C=S) groups is 1. The van der Waals surface area contributed by atoms with Crippen LogP contribution in [0.1, 0.15) is 75.7 Å². The molecule has 0 atom stereocenters. The van der Waals surface area contributed by atoms with Crippen LogP contribution >= 0.6 is 12.2 Å². The van der Waals surface area contributed by atoms with Crippen LogP contribution in [0, 0.1) is 0 Å². The third-order valence-corrected chi connectivity index (χ3v) is 5.07. The van der Waals surface area contributed by atoms with Crippen LogP contribution in [0.5, 0.6) is 5.75 Å². The molecule has 0 aliphatic carbocycles. The highest BCUT2D eigenvalue weighted by atomic mass is 32.1. The highest BCUT2D eigenvalue weighted by Crippen LogP contribution is 2.22. The van der Waals surface area contributed by atoms with Crippen LogP contribution in [-0.2, 0) is 5.41 Å². The summed E-state index contributed by atoms with van der Waals surface area (Å²) in [7, 11) is 0. The number of rotatable bonds is 9. The average Bonchev–Trinajstić information content (AvgIpc) is 2.71. The van der Waals surface area contributed by atoms with Gasteiger partial charge in [-0.1, -0.05) is 65.5 Å². The maximum absolute atomic E-state index is 12.4. The molecule has 0 saturated heterocycles. The van der Waals surface area contributed by atoms with Crippen LogP contribution in [0.15, 0.2) is 48.5 Å². The predicted octanol–water partition coefficient (Wildman–Crippen LogP) is 6.46. The molecule has 4 nitrogen and oxygen atoms in total. The molecule has 0 saturated carbocycles. The first-order valence-corrected chi connectivity index (χ1v) is 11.2. The van der Waals surface area contributed by atoms with Crippen LogP contribution < -0.4 is 15.4 Å². The zero-order valence-electron chi connectivity index (χ0n) is 18.6. The van der Waals surface area contributed by atoms with E-state index in [1.165, 1.54) is 31.2 Å². The first-order chi connectivity index (χ1) is 14.3. The summed E-state index contributed by atoms with van der Waals surface area (Å²) >= 11 is 5.28. The largest absolute Gasteiger partial charge is 0.494 e. The Morgan fingerprint density at radius 3 is 2.17 bits per heavy atom. The van der Waals surface area contributed by atoms with Crippen molar-refractivity contribution in [3.05, 3.63) is 59.7 Å².